The second kappa shape index (κ2) is 5.68. The molecule has 5 nitrogen and oxygen atoms in total. The molecule has 1 aliphatic heterocycles. The van der Waals surface area contributed by atoms with Gasteiger partial charge in [0.05, 0.1) is 34.5 Å². The van der Waals surface area contributed by atoms with Crippen LogP contribution >= 0.6 is 23.2 Å². The van der Waals surface area contributed by atoms with Gasteiger partial charge in [0.15, 0.2) is 0 Å². The smallest absolute Gasteiger partial charge is 0.337 e. The Morgan fingerprint density at radius 1 is 1.00 bits per heavy atom. The predicted molar refractivity (Wildman–Crippen MR) is 85.4 cm³/mol. The molecular weight excluding hydrogens is 341 g/mol. The van der Waals surface area contributed by atoms with Gasteiger partial charge in [-0.15, -0.1) is 0 Å². The Morgan fingerprint density at radius 3 is 2.39 bits per heavy atom. The van der Waals surface area contributed by atoms with E-state index in [0.717, 1.165) is 4.90 Å². The highest BCUT2D eigenvalue weighted by Crippen LogP contribution is 2.35. The molecule has 0 radical (unpaired) electrons. The highest BCUT2D eigenvalue weighted by atomic mass is 35.5. The lowest BCUT2D eigenvalue weighted by Crippen LogP contribution is -2.29. The number of ether oxygens (including phenoxy) is 1. The number of rotatable bonds is 2. The molecule has 0 fully saturated rings. The number of hydrogen-bond acceptors (Lipinski definition) is 4. The molecule has 2 aromatic rings. The van der Waals surface area contributed by atoms with Crippen LogP contribution in [0.1, 0.15) is 31.1 Å². The summed E-state index contributed by atoms with van der Waals surface area (Å²) in [7, 11) is 1.24. The van der Waals surface area contributed by atoms with Gasteiger partial charge in [0.1, 0.15) is 0 Å². The largest absolute Gasteiger partial charge is 0.465 e. The summed E-state index contributed by atoms with van der Waals surface area (Å²) in [5.74, 6) is -1.68. The fourth-order valence-electron chi connectivity index (χ4n) is 2.36. The number of amides is 2. The standard InChI is InChI=1S/C16H9Cl2NO4/c1-23-16(22)8-2-4-10-11(6-8)15(21)19(14(10)20)13-7-9(17)3-5-12(13)18/h2-7H,1H3. The van der Waals surface area contributed by atoms with E-state index in [4.69, 9.17) is 23.2 Å². The molecule has 0 saturated heterocycles. The minimum atomic E-state index is -0.590. The lowest BCUT2D eigenvalue weighted by molar-refractivity contribution is 0.0600. The summed E-state index contributed by atoms with van der Waals surface area (Å²) in [5, 5.41) is 0.563. The molecule has 0 aromatic heterocycles. The van der Waals surface area contributed by atoms with Crippen molar-refractivity contribution in [2.45, 2.75) is 0 Å². The topological polar surface area (TPSA) is 63.7 Å². The molecule has 0 N–H and O–H groups in total. The number of imide groups is 1. The van der Waals surface area contributed by atoms with E-state index in [9.17, 15) is 14.4 Å². The Kier molecular flexibility index (Phi) is 3.83. The van der Waals surface area contributed by atoms with Gasteiger partial charge in [0.25, 0.3) is 11.8 Å². The average molecular weight is 350 g/mol. The van der Waals surface area contributed by atoms with Crippen LogP contribution in [-0.2, 0) is 4.74 Å². The average Bonchev–Trinajstić information content (AvgIpc) is 2.80. The number of fused-ring (bicyclic) bond motifs is 1. The second-order valence-electron chi connectivity index (χ2n) is 4.79. The SMILES string of the molecule is COC(=O)c1ccc2c(c1)C(=O)N(c1cc(Cl)ccc1Cl)C2=O. The molecule has 0 spiro atoms. The van der Waals surface area contributed by atoms with Crippen molar-refractivity contribution in [2.75, 3.05) is 12.0 Å². The zero-order chi connectivity index (χ0) is 16.7. The van der Waals surface area contributed by atoms with E-state index in [2.05, 4.69) is 4.74 Å². The van der Waals surface area contributed by atoms with Crippen molar-refractivity contribution in [3.05, 3.63) is 63.1 Å². The number of anilines is 1. The van der Waals surface area contributed by atoms with Crippen LogP contribution in [0.2, 0.25) is 10.0 Å². The van der Waals surface area contributed by atoms with Gasteiger partial charge in [-0.1, -0.05) is 23.2 Å². The van der Waals surface area contributed by atoms with Crippen LogP contribution < -0.4 is 4.90 Å². The Labute approximate surface area is 141 Å². The van der Waals surface area contributed by atoms with Gasteiger partial charge in [-0.3, -0.25) is 9.59 Å². The van der Waals surface area contributed by atoms with Gasteiger partial charge in [0, 0.05) is 5.02 Å². The third kappa shape index (κ3) is 2.48. The summed E-state index contributed by atoms with van der Waals surface area (Å²) >= 11 is 12.0. The van der Waals surface area contributed by atoms with Gasteiger partial charge < -0.3 is 4.74 Å². The fraction of sp³-hybridized carbons (Fsp3) is 0.0625. The van der Waals surface area contributed by atoms with Gasteiger partial charge in [0.2, 0.25) is 0 Å². The van der Waals surface area contributed by atoms with Crippen molar-refractivity contribution in [3.63, 3.8) is 0 Å². The van der Waals surface area contributed by atoms with Crippen LogP contribution in [-0.4, -0.2) is 24.9 Å². The molecule has 0 aliphatic carbocycles. The van der Waals surface area contributed by atoms with E-state index in [1.165, 1.54) is 37.4 Å². The highest BCUT2D eigenvalue weighted by Gasteiger charge is 2.38. The van der Waals surface area contributed by atoms with E-state index in [0.29, 0.717) is 5.02 Å². The number of hydrogen-bond donors (Lipinski definition) is 0. The van der Waals surface area contributed by atoms with Crippen molar-refractivity contribution in [1.29, 1.82) is 0 Å². The molecule has 0 saturated carbocycles. The Morgan fingerprint density at radius 2 is 1.70 bits per heavy atom. The molecule has 23 heavy (non-hydrogen) atoms. The highest BCUT2D eigenvalue weighted by molar-refractivity contribution is 6.41. The van der Waals surface area contributed by atoms with Crippen LogP contribution in [0.3, 0.4) is 0 Å². The number of methoxy groups -OCH3 is 1. The minimum Gasteiger partial charge on any atom is -0.465 e. The molecule has 0 atom stereocenters. The predicted octanol–water partition coefficient (Wildman–Crippen LogP) is 3.58. The lowest BCUT2D eigenvalue weighted by atomic mass is 10.1. The molecule has 116 valence electrons. The molecule has 1 heterocycles. The van der Waals surface area contributed by atoms with Gasteiger partial charge in [-0.2, -0.15) is 0 Å². The first-order valence-electron chi connectivity index (χ1n) is 6.50. The quantitative estimate of drug-likeness (QED) is 0.614. The van der Waals surface area contributed by atoms with Gasteiger partial charge in [-0.25, -0.2) is 9.69 Å². The van der Waals surface area contributed by atoms with Crippen molar-refractivity contribution in [1.82, 2.24) is 0 Å². The number of nitrogens with zero attached hydrogens (tertiary/aromatic N) is 1. The zero-order valence-electron chi connectivity index (χ0n) is 11.8. The molecule has 3 rings (SSSR count). The third-order valence-corrected chi connectivity index (χ3v) is 4.01. The maximum Gasteiger partial charge on any atom is 0.337 e. The molecule has 1 aliphatic rings. The van der Waals surface area contributed by atoms with Crippen LogP contribution in [0.15, 0.2) is 36.4 Å². The normalized spacial score (nSPS) is 13.3. The summed E-state index contributed by atoms with van der Waals surface area (Å²) in [6.07, 6.45) is 0. The zero-order valence-corrected chi connectivity index (χ0v) is 13.3. The number of carbonyl (C=O) groups is 3. The monoisotopic (exact) mass is 349 g/mol. The summed E-state index contributed by atoms with van der Waals surface area (Å²) in [6.45, 7) is 0. The lowest BCUT2D eigenvalue weighted by Gasteiger charge is -2.15. The minimum absolute atomic E-state index is 0.119. The summed E-state index contributed by atoms with van der Waals surface area (Å²) in [5.41, 5.74) is 0.698. The first kappa shape index (κ1) is 15.5. The molecule has 2 amide bonds. The van der Waals surface area contributed by atoms with Crippen LogP contribution in [0.4, 0.5) is 5.69 Å². The van der Waals surface area contributed by atoms with Gasteiger partial charge in [-0.05, 0) is 36.4 Å². The van der Waals surface area contributed by atoms with Crippen LogP contribution in [0.25, 0.3) is 0 Å². The maximum atomic E-state index is 12.6. The summed E-state index contributed by atoms with van der Waals surface area (Å²) < 4.78 is 4.62. The van der Waals surface area contributed by atoms with E-state index in [1.54, 1.807) is 6.07 Å². The Hall–Kier alpha value is -2.37. The van der Waals surface area contributed by atoms with Crippen molar-refractivity contribution in [3.8, 4) is 0 Å². The Bertz CT molecular complexity index is 863. The number of carbonyl (C=O) groups excluding carboxylic acids is 3. The van der Waals surface area contributed by atoms with E-state index < -0.39 is 17.8 Å². The molecule has 0 unspecified atom stereocenters. The summed E-state index contributed by atoms with van der Waals surface area (Å²) in [6, 6.07) is 8.68. The first-order valence-corrected chi connectivity index (χ1v) is 7.26. The number of halogens is 2. The van der Waals surface area contributed by atoms with E-state index in [1.807, 2.05) is 0 Å². The van der Waals surface area contributed by atoms with Crippen molar-refractivity contribution < 1.29 is 19.1 Å². The number of esters is 1. The van der Waals surface area contributed by atoms with E-state index in [-0.39, 0.29) is 27.4 Å². The van der Waals surface area contributed by atoms with Crippen molar-refractivity contribution >= 4 is 46.7 Å². The third-order valence-electron chi connectivity index (χ3n) is 3.46. The molecular formula is C16H9Cl2NO4. The van der Waals surface area contributed by atoms with E-state index >= 15 is 0 Å². The Balaban J connectivity index is 2.10. The maximum absolute atomic E-state index is 12.6. The van der Waals surface area contributed by atoms with Crippen molar-refractivity contribution in [2.24, 2.45) is 0 Å². The summed E-state index contributed by atoms with van der Waals surface area (Å²) in [4.78, 5) is 37.6. The second-order valence-corrected chi connectivity index (χ2v) is 5.64. The van der Waals surface area contributed by atoms with Crippen LogP contribution in [0.5, 0.6) is 0 Å². The molecule has 2 aromatic carbocycles. The first-order chi connectivity index (χ1) is 10.9. The van der Waals surface area contributed by atoms with Gasteiger partial charge >= 0.3 is 5.97 Å². The fourth-order valence-corrected chi connectivity index (χ4v) is 2.73. The molecule has 7 heteroatoms. The number of benzene rings is 2. The molecule has 0 bridgehead atoms. The van der Waals surface area contributed by atoms with Crippen LogP contribution in [0, 0.1) is 0 Å².